The van der Waals surface area contributed by atoms with Crippen LogP contribution in [0.5, 0.6) is 5.75 Å². The molecule has 3 heteroatoms. The monoisotopic (exact) mass is 284 g/mol. The molecule has 3 nitrogen and oxygen atoms in total. The van der Waals surface area contributed by atoms with Crippen molar-refractivity contribution in [3.05, 3.63) is 59.4 Å². The minimum atomic E-state index is 0.0381. The Bertz CT molecular complexity index is 581. The molecule has 0 amide bonds. The van der Waals surface area contributed by atoms with E-state index in [0.717, 1.165) is 23.4 Å². The lowest BCUT2D eigenvalue weighted by molar-refractivity contribution is 0.238. The molecule has 0 saturated heterocycles. The van der Waals surface area contributed by atoms with Crippen LogP contribution in [0.2, 0.25) is 0 Å². The summed E-state index contributed by atoms with van der Waals surface area (Å²) in [6.45, 7) is 6.25. The third kappa shape index (κ3) is 3.61. The summed E-state index contributed by atoms with van der Waals surface area (Å²) in [5, 5.41) is 3.38. The van der Waals surface area contributed by atoms with E-state index in [0.29, 0.717) is 0 Å². The Hall–Kier alpha value is -1.87. The van der Waals surface area contributed by atoms with Crippen molar-refractivity contribution < 1.29 is 4.74 Å². The van der Waals surface area contributed by atoms with E-state index in [1.165, 1.54) is 5.56 Å². The SMILES string of the molecule is CCc1cccnc1C(NC)c1ccccc1OC(C)C. The molecule has 1 heterocycles. The molecule has 0 saturated carbocycles. The lowest BCUT2D eigenvalue weighted by Crippen LogP contribution is -2.22. The Morgan fingerprint density at radius 3 is 2.57 bits per heavy atom. The van der Waals surface area contributed by atoms with Crippen molar-refractivity contribution in [2.45, 2.75) is 39.3 Å². The molecule has 0 radical (unpaired) electrons. The van der Waals surface area contributed by atoms with Crippen molar-refractivity contribution in [3.8, 4) is 5.75 Å². The maximum atomic E-state index is 5.96. The number of hydrogen-bond donors (Lipinski definition) is 1. The number of nitrogens with zero attached hydrogens (tertiary/aromatic N) is 1. The fraction of sp³-hybridized carbons (Fsp3) is 0.389. The highest BCUT2D eigenvalue weighted by atomic mass is 16.5. The normalized spacial score (nSPS) is 12.4. The molecular weight excluding hydrogens is 260 g/mol. The first-order valence-electron chi connectivity index (χ1n) is 7.54. The molecule has 0 aliphatic heterocycles. The number of ether oxygens (including phenoxy) is 1. The summed E-state index contributed by atoms with van der Waals surface area (Å²) in [5.41, 5.74) is 3.46. The third-order valence-corrected chi connectivity index (χ3v) is 3.46. The lowest BCUT2D eigenvalue weighted by Gasteiger charge is -2.22. The number of para-hydroxylation sites is 1. The van der Waals surface area contributed by atoms with Gasteiger partial charge in [0.25, 0.3) is 0 Å². The second-order valence-electron chi connectivity index (χ2n) is 5.33. The quantitative estimate of drug-likeness (QED) is 0.877. The average molecular weight is 284 g/mol. The number of aryl methyl sites for hydroxylation is 1. The standard InChI is InChI=1S/C18H24N2O/c1-5-14-9-8-12-20-17(14)18(19-4)15-10-6-7-11-16(15)21-13(2)3/h6-13,18-19H,5H2,1-4H3. The summed E-state index contributed by atoms with van der Waals surface area (Å²) < 4.78 is 5.96. The fourth-order valence-electron chi connectivity index (χ4n) is 2.53. The molecule has 0 aliphatic carbocycles. The van der Waals surface area contributed by atoms with Crippen molar-refractivity contribution in [2.24, 2.45) is 0 Å². The van der Waals surface area contributed by atoms with Crippen molar-refractivity contribution in [3.63, 3.8) is 0 Å². The zero-order chi connectivity index (χ0) is 15.2. The van der Waals surface area contributed by atoms with Gasteiger partial charge in [-0.1, -0.05) is 31.2 Å². The Labute approximate surface area is 127 Å². The van der Waals surface area contributed by atoms with Crippen LogP contribution in [-0.4, -0.2) is 18.1 Å². The number of nitrogens with one attached hydrogen (secondary N) is 1. The summed E-state index contributed by atoms with van der Waals surface area (Å²) >= 11 is 0. The molecule has 2 aromatic rings. The Kier molecular flexibility index (Phi) is 5.34. The highest BCUT2D eigenvalue weighted by Crippen LogP contribution is 2.31. The highest BCUT2D eigenvalue weighted by Gasteiger charge is 2.20. The van der Waals surface area contributed by atoms with Crippen LogP contribution in [0.1, 0.15) is 43.6 Å². The zero-order valence-corrected chi connectivity index (χ0v) is 13.3. The summed E-state index contributed by atoms with van der Waals surface area (Å²) in [7, 11) is 1.96. The first kappa shape index (κ1) is 15.5. The molecule has 0 aliphatic rings. The molecule has 1 unspecified atom stereocenters. The van der Waals surface area contributed by atoms with Crippen LogP contribution in [0, 0.1) is 0 Å². The molecule has 0 spiro atoms. The second-order valence-corrected chi connectivity index (χ2v) is 5.33. The topological polar surface area (TPSA) is 34.2 Å². The van der Waals surface area contributed by atoms with E-state index in [1.807, 2.05) is 51.4 Å². The maximum absolute atomic E-state index is 5.96. The molecule has 112 valence electrons. The molecule has 1 atom stereocenters. The van der Waals surface area contributed by atoms with E-state index in [1.54, 1.807) is 0 Å². The van der Waals surface area contributed by atoms with Crippen molar-refractivity contribution >= 4 is 0 Å². The lowest BCUT2D eigenvalue weighted by atomic mass is 9.97. The largest absolute Gasteiger partial charge is 0.491 e. The van der Waals surface area contributed by atoms with E-state index >= 15 is 0 Å². The Morgan fingerprint density at radius 1 is 1.14 bits per heavy atom. The summed E-state index contributed by atoms with van der Waals surface area (Å²) in [6.07, 6.45) is 2.97. The van der Waals surface area contributed by atoms with Crippen LogP contribution in [0.3, 0.4) is 0 Å². The van der Waals surface area contributed by atoms with Crippen LogP contribution < -0.4 is 10.1 Å². The minimum absolute atomic E-state index is 0.0381. The second kappa shape index (κ2) is 7.23. The molecule has 0 bridgehead atoms. The number of aromatic nitrogens is 1. The molecule has 1 aromatic heterocycles. The van der Waals surface area contributed by atoms with Crippen LogP contribution in [0.15, 0.2) is 42.6 Å². The smallest absolute Gasteiger partial charge is 0.124 e. The number of hydrogen-bond acceptors (Lipinski definition) is 3. The average Bonchev–Trinajstić information content (AvgIpc) is 2.49. The van der Waals surface area contributed by atoms with Gasteiger partial charge >= 0.3 is 0 Å². The van der Waals surface area contributed by atoms with Crippen LogP contribution >= 0.6 is 0 Å². The third-order valence-electron chi connectivity index (χ3n) is 3.46. The summed E-state index contributed by atoms with van der Waals surface area (Å²) in [4.78, 5) is 4.60. The van der Waals surface area contributed by atoms with Gasteiger partial charge in [-0.15, -0.1) is 0 Å². The van der Waals surface area contributed by atoms with Gasteiger partial charge in [0.05, 0.1) is 17.8 Å². The van der Waals surface area contributed by atoms with E-state index in [4.69, 9.17) is 4.74 Å². The van der Waals surface area contributed by atoms with Gasteiger partial charge in [0.15, 0.2) is 0 Å². The summed E-state index contributed by atoms with van der Waals surface area (Å²) in [5.74, 6) is 0.916. The van der Waals surface area contributed by atoms with Gasteiger partial charge < -0.3 is 10.1 Å². The molecule has 2 rings (SSSR count). The van der Waals surface area contributed by atoms with Crippen LogP contribution in [-0.2, 0) is 6.42 Å². The van der Waals surface area contributed by atoms with Gasteiger partial charge in [-0.2, -0.15) is 0 Å². The van der Waals surface area contributed by atoms with Crippen LogP contribution in [0.4, 0.5) is 0 Å². The Morgan fingerprint density at radius 2 is 1.90 bits per heavy atom. The first-order valence-corrected chi connectivity index (χ1v) is 7.54. The first-order chi connectivity index (χ1) is 10.2. The van der Waals surface area contributed by atoms with Gasteiger partial charge in [0.2, 0.25) is 0 Å². The predicted molar refractivity (Wildman–Crippen MR) is 86.7 cm³/mol. The highest BCUT2D eigenvalue weighted by molar-refractivity contribution is 5.42. The maximum Gasteiger partial charge on any atom is 0.124 e. The Balaban J connectivity index is 2.46. The summed E-state index contributed by atoms with van der Waals surface area (Å²) in [6, 6.07) is 12.3. The van der Waals surface area contributed by atoms with Crippen molar-refractivity contribution in [1.29, 1.82) is 0 Å². The van der Waals surface area contributed by atoms with Crippen LogP contribution in [0.25, 0.3) is 0 Å². The fourth-order valence-corrected chi connectivity index (χ4v) is 2.53. The van der Waals surface area contributed by atoms with E-state index in [9.17, 15) is 0 Å². The van der Waals surface area contributed by atoms with Gasteiger partial charge in [0.1, 0.15) is 5.75 Å². The number of rotatable bonds is 6. The van der Waals surface area contributed by atoms with E-state index < -0.39 is 0 Å². The van der Waals surface area contributed by atoms with Gasteiger partial charge in [-0.25, -0.2) is 0 Å². The molecule has 1 aromatic carbocycles. The van der Waals surface area contributed by atoms with Gasteiger partial charge in [-0.05, 0) is 45.0 Å². The zero-order valence-electron chi connectivity index (χ0n) is 13.3. The minimum Gasteiger partial charge on any atom is -0.491 e. The molecule has 0 fully saturated rings. The van der Waals surface area contributed by atoms with Crippen molar-refractivity contribution in [2.75, 3.05) is 7.05 Å². The molecular formula is C18H24N2O. The van der Waals surface area contributed by atoms with E-state index in [2.05, 4.69) is 29.4 Å². The van der Waals surface area contributed by atoms with E-state index in [-0.39, 0.29) is 12.1 Å². The molecule has 1 N–H and O–H groups in total. The molecule has 21 heavy (non-hydrogen) atoms. The number of pyridine rings is 1. The van der Waals surface area contributed by atoms with Crippen molar-refractivity contribution in [1.82, 2.24) is 10.3 Å². The number of benzene rings is 1. The predicted octanol–water partition coefficient (Wildman–Crippen LogP) is 3.74. The van der Waals surface area contributed by atoms with Gasteiger partial charge in [0, 0.05) is 11.8 Å². The van der Waals surface area contributed by atoms with Gasteiger partial charge in [-0.3, -0.25) is 4.98 Å².